The summed E-state index contributed by atoms with van der Waals surface area (Å²) in [4.78, 5) is 39.7. The molecular formula is C26H32N4O7. The van der Waals surface area contributed by atoms with Crippen LogP contribution in [0.5, 0.6) is 5.75 Å². The molecule has 5 N–H and O–H groups in total. The monoisotopic (exact) mass is 512 g/mol. The fraction of sp³-hybridized carbons (Fsp3) is 0.385. The predicted octanol–water partition coefficient (Wildman–Crippen LogP) is 1.40. The number of amidine groups is 1. The largest absolute Gasteiger partial charge is 0.508 e. The number of aromatic hydroxyl groups is 1. The number of carbonyl (C=O) groups is 3. The van der Waals surface area contributed by atoms with Crippen LogP contribution in [0.4, 0.5) is 0 Å². The van der Waals surface area contributed by atoms with Crippen LogP contribution >= 0.6 is 0 Å². The van der Waals surface area contributed by atoms with Gasteiger partial charge in [-0.2, -0.15) is 0 Å². The number of ether oxygens (including phenoxy) is 2. The zero-order valence-electron chi connectivity index (χ0n) is 20.6. The number of nitrogens with zero attached hydrogens (tertiary/aromatic N) is 2. The van der Waals surface area contributed by atoms with Gasteiger partial charge in [0.25, 0.3) is 5.91 Å². The molecule has 1 fully saturated rings. The van der Waals surface area contributed by atoms with Crippen molar-refractivity contribution >= 4 is 23.6 Å². The topological polar surface area (TPSA) is 164 Å². The van der Waals surface area contributed by atoms with E-state index in [9.17, 15) is 19.5 Å². The summed E-state index contributed by atoms with van der Waals surface area (Å²) in [6.07, 6.45) is 1.18. The maximum absolute atomic E-state index is 13.5. The molecule has 1 aliphatic rings. The van der Waals surface area contributed by atoms with Gasteiger partial charge in [0.1, 0.15) is 18.4 Å². The minimum Gasteiger partial charge on any atom is -0.508 e. The molecule has 1 atom stereocenters. The Morgan fingerprint density at radius 1 is 1.08 bits per heavy atom. The normalized spacial score (nSPS) is 15.2. The van der Waals surface area contributed by atoms with Gasteiger partial charge in [-0.05, 0) is 49.6 Å². The Bertz CT molecular complexity index is 1090. The summed E-state index contributed by atoms with van der Waals surface area (Å²) >= 11 is 0. The lowest BCUT2D eigenvalue weighted by Gasteiger charge is -2.34. The fourth-order valence-corrected chi connectivity index (χ4v) is 4.01. The van der Waals surface area contributed by atoms with E-state index in [2.05, 4.69) is 10.5 Å². The Morgan fingerprint density at radius 2 is 1.70 bits per heavy atom. The van der Waals surface area contributed by atoms with Crippen LogP contribution in [0.1, 0.15) is 41.3 Å². The van der Waals surface area contributed by atoms with E-state index >= 15 is 0 Å². The molecule has 1 unspecified atom stereocenters. The minimum absolute atomic E-state index is 0.0815. The summed E-state index contributed by atoms with van der Waals surface area (Å²) in [5.74, 6) is -1.08. The third kappa shape index (κ3) is 7.94. The molecular weight excluding hydrogens is 480 g/mol. The lowest BCUT2D eigenvalue weighted by atomic mass is 10.0. The summed E-state index contributed by atoms with van der Waals surface area (Å²) in [7, 11) is 0. The Labute approximate surface area is 214 Å². The lowest BCUT2D eigenvalue weighted by molar-refractivity contribution is -0.152. The van der Waals surface area contributed by atoms with Crippen LogP contribution in [0.2, 0.25) is 0 Å². The minimum atomic E-state index is -0.849. The first-order valence-electron chi connectivity index (χ1n) is 12.0. The highest BCUT2D eigenvalue weighted by atomic mass is 16.6. The Morgan fingerprint density at radius 3 is 2.30 bits per heavy atom. The molecule has 2 aromatic rings. The summed E-state index contributed by atoms with van der Waals surface area (Å²) in [6, 6.07) is 11.7. The van der Waals surface area contributed by atoms with E-state index in [1.807, 2.05) is 0 Å². The number of amides is 2. The SMILES string of the molecule is CCOC(=O)COC1CCN(C(=O)C(Cc2ccc(O)cc2)NC(=O)c2ccc(/C(N)=N/O)cc2)CC1. The second-order valence-electron chi connectivity index (χ2n) is 8.60. The van der Waals surface area contributed by atoms with E-state index in [1.54, 1.807) is 36.1 Å². The maximum Gasteiger partial charge on any atom is 0.332 e. The van der Waals surface area contributed by atoms with Crippen molar-refractivity contribution < 1.29 is 34.2 Å². The molecule has 0 saturated carbocycles. The standard InChI is InChI=1S/C26H32N4O7/c1-2-36-23(32)16-37-21-11-13-30(14-12-21)26(34)22(15-17-3-9-20(31)10-4-17)28-25(33)19-7-5-18(6-8-19)24(27)29-35/h3-10,21-22,31,35H,2,11-16H2,1H3,(H2,27,29)(H,28,33). The number of phenolic OH excluding ortho intramolecular Hbond substituents is 1. The summed E-state index contributed by atoms with van der Waals surface area (Å²) in [5, 5.41) is 24.2. The zero-order chi connectivity index (χ0) is 26.8. The molecule has 2 aromatic carbocycles. The van der Waals surface area contributed by atoms with Crippen LogP contribution in [0.15, 0.2) is 53.7 Å². The number of phenols is 1. The first-order chi connectivity index (χ1) is 17.8. The fourth-order valence-electron chi connectivity index (χ4n) is 4.01. The second-order valence-corrected chi connectivity index (χ2v) is 8.60. The highest BCUT2D eigenvalue weighted by Crippen LogP contribution is 2.18. The van der Waals surface area contributed by atoms with Crippen molar-refractivity contribution in [2.24, 2.45) is 10.9 Å². The number of rotatable bonds is 10. The van der Waals surface area contributed by atoms with Gasteiger partial charge in [0, 0.05) is 30.6 Å². The Kier molecular flexibility index (Phi) is 9.84. The zero-order valence-corrected chi connectivity index (χ0v) is 20.6. The number of piperidine rings is 1. The van der Waals surface area contributed by atoms with E-state index in [-0.39, 0.29) is 36.6 Å². The number of benzene rings is 2. The van der Waals surface area contributed by atoms with E-state index in [1.165, 1.54) is 24.3 Å². The predicted molar refractivity (Wildman–Crippen MR) is 134 cm³/mol. The van der Waals surface area contributed by atoms with Crippen molar-refractivity contribution in [3.05, 3.63) is 65.2 Å². The van der Waals surface area contributed by atoms with Crippen molar-refractivity contribution in [1.29, 1.82) is 0 Å². The Balaban J connectivity index is 1.67. The summed E-state index contributed by atoms with van der Waals surface area (Å²) in [6.45, 7) is 2.73. The van der Waals surface area contributed by atoms with Gasteiger partial charge in [-0.15, -0.1) is 0 Å². The van der Waals surface area contributed by atoms with Gasteiger partial charge >= 0.3 is 5.97 Å². The molecule has 0 radical (unpaired) electrons. The van der Waals surface area contributed by atoms with Gasteiger partial charge < -0.3 is 35.7 Å². The van der Waals surface area contributed by atoms with Crippen molar-refractivity contribution in [1.82, 2.24) is 10.2 Å². The van der Waals surface area contributed by atoms with Crippen LogP contribution in [-0.2, 0) is 25.5 Å². The molecule has 11 heteroatoms. The smallest absolute Gasteiger partial charge is 0.332 e. The van der Waals surface area contributed by atoms with Crippen molar-refractivity contribution in [3.63, 3.8) is 0 Å². The average molecular weight is 513 g/mol. The van der Waals surface area contributed by atoms with Gasteiger partial charge in [0.15, 0.2) is 5.84 Å². The number of likely N-dealkylation sites (tertiary alicyclic amines) is 1. The number of carbonyl (C=O) groups excluding carboxylic acids is 3. The highest BCUT2D eigenvalue weighted by Gasteiger charge is 2.30. The molecule has 1 aliphatic heterocycles. The van der Waals surface area contributed by atoms with Crippen LogP contribution in [0.25, 0.3) is 0 Å². The molecule has 11 nitrogen and oxygen atoms in total. The molecule has 0 aliphatic carbocycles. The van der Waals surface area contributed by atoms with Crippen molar-refractivity contribution in [2.75, 3.05) is 26.3 Å². The van der Waals surface area contributed by atoms with Crippen LogP contribution in [0.3, 0.4) is 0 Å². The van der Waals surface area contributed by atoms with Crippen LogP contribution < -0.4 is 11.1 Å². The van der Waals surface area contributed by atoms with Crippen LogP contribution in [0, 0.1) is 0 Å². The summed E-state index contributed by atoms with van der Waals surface area (Å²) in [5.41, 5.74) is 7.10. The number of oxime groups is 1. The molecule has 37 heavy (non-hydrogen) atoms. The number of hydrogen-bond donors (Lipinski definition) is 4. The van der Waals surface area contributed by atoms with E-state index in [0.29, 0.717) is 43.7 Å². The van der Waals surface area contributed by atoms with Gasteiger partial charge in [-0.25, -0.2) is 4.79 Å². The molecule has 0 aromatic heterocycles. The molecule has 0 spiro atoms. The van der Waals surface area contributed by atoms with Gasteiger partial charge in [-0.3, -0.25) is 9.59 Å². The third-order valence-corrected chi connectivity index (χ3v) is 6.03. The molecule has 3 rings (SSSR count). The molecule has 1 heterocycles. The molecule has 0 bridgehead atoms. The molecule has 2 amide bonds. The van der Waals surface area contributed by atoms with Gasteiger partial charge in [0.05, 0.1) is 12.7 Å². The first-order valence-corrected chi connectivity index (χ1v) is 12.0. The number of nitrogens with one attached hydrogen (secondary N) is 1. The van der Waals surface area contributed by atoms with Crippen molar-refractivity contribution in [3.8, 4) is 5.75 Å². The average Bonchev–Trinajstić information content (AvgIpc) is 2.92. The first kappa shape index (κ1) is 27.5. The van der Waals surface area contributed by atoms with E-state index in [0.717, 1.165) is 5.56 Å². The number of hydrogen-bond acceptors (Lipinski definition) is 8. The number of esters is 1. The quantitative estimate of drug-likeness (QED) is 0.122. The summed E-state index contributed by atoms with van der Waals surface area (Å²) < 4.78 is 10.5. The Hall–Kier alpha value is -4.12. The second kappa shape index (κ2) is 13.3. The van der Waals surface area contributed by atoms with Crippen LogP contribution in [-0.4, -0.2) is 77.3 Å². The van der Waals surface area contributed by atoms with Gasteiger partial charge in [-0.1, -0.05) is 29.4 Å². The lowest BCUT2D eigenvalue weighted by Crippen LogP contribution is -2.52. The molecule has 198 valence electrons. The third-order valence-electron chi connectivity index (χ3n) is 6.03. The molecule has 1 saturated heterocycles. The van der Waals surface area contributed by atoms with Crippen molar-refractivity contribution in [2.45, 2.75) is 38.3 Å². The van der Waals surface area contributed by atoms with E-state index < -0.39 is 17.9 Å². The van der Waals surface area contributed by atoms with E-state index in [4.69, 9.17) is 20.4 Å². The number of nitrogens with two attached hydrogens (primary N) is 1. The van der Waals surface area contributed by atoms with Gasteiger partial charge in [0.2, 0.25) is 5.91 Å². The highest BCUT2D eigenvalue weighted by molar-refractivity contribution is 6.00. The maximum atomic E-state index is 13.5.